The van der Waals surface area contributed by atoms with E-state index < -0.39 is 6.16 Å². The van der Waals surface area contributed by atoms with Gasteiger partial charge in [0.1, 0.15) is 0 Å². The van der Waals surface area contributed by atoms with Crippen molar-refractivity contribution >= 4 is 27.6 Å². The van der Waals surface area contributed by atoms with Crippen LogP contribution in [0.3, 0.4) is 0 Å². The molecule has 66 valence electrons. The van der Waals surface area contributed by atoms with Crippen LogP contribution in [0.15, 0.2) is 30.3 Å². The quantitative estimate of drug-likeness (QED) is 0.710. The molecule has 0 saturated heterocycles. The highest BCUT2D eigenvalue weighted by Crippen LogP contribution is 2.31. The smallest absolute Gasteiger partial charge is 0.449 e. The second-order valence-electron chi connectivity index (χ2n) is 2.47. The molecule has 1 N–H and O–H groups in total. The molecule has 1 aromatic carbocycles. The first-order valence-electron chi connectivity index (χ1n) is 3.65. The highest BCUT2D eigenvalue weighted by atomic mass is 32.1. The van der Waals surface area contributed by atoms with E-state index in [1.54, 1.807) is 6.07 Å². The lowest BCUT2D eigenvalue weighted by Crippen LogP contribution is -2.00. The molecule has 0 aliphatic rings. The normalized spacial score (nSPS) is 10.2. The molecule has 0 unspecified atom stereocenters. The molecule has 0 bridgehead atoms. The molecular weight excluding hydrogens is 188 g/mol. The number of hydrogen-bond donors (Lipinski definition) is 1. The van der Waals surface area contributed by atoms with Crippen LogP contribution in [0, 0.1) is 0 Å². The summed E-state index contributed by atoms with van der Waals surface area (Å²) in [5.74, 6) is 0. The fraction of sp³-hybridized carbons (Fsp3) is 0. The molecule has 0 saturated carbocycles. The van der Waals surface area contributed by atoms with Crippen molar-refractivity contribution in [3.8, 4) is 5.06 Å². The average molecular weight is 194 g/mol. The molecule has 3 nitrogen and oxygen atoms in total. The third-order valence-corrected chi connectivity index (χ3v) is 2.58. The molecule has 0 atom stereocenters. The van der Waals surface area contributed by atoms with Crippen LogP contribution in [0.5, 0.6) is 5.06 Å². The van der Waals surface area contributed by atoms with Crippen molar-refractivity contribution < 1.29 is 14.6 Å². The Kier molecular flexibility index (Phi) is 1.90. The zero-order valence-electron chi connectivity index (χ0n) is 6.56. The van der Waals surface area contributed by atoms with Gasteiger partial charge in [-0.3, -0.25) is 0 Å². The van der Waals surface area contributed by atoms with Gasteiger partial charge in [-0.15, -0.1) is 0 Å². The lowest BCUT2D eigenvalue weighted by Gasteiger charge is -1.90. The van der Waals surface area contributed by atoms with Gasteiger partial charge in [-0.25, -0.2) is 4.79 Å². The maximum atomic E-state index is 10.2. The van der Waals surface area contributed by atoms with Crippen molar-refractivity contribution in [3.63, 3.8) is 0 Å². The minimum Gasteiger partial charge on any atom is -0.449 e. The summed E-state index contributed by atoms with van der Waals surface area (Å²) < 4.78 is 5.56. The van der Waals surface area contributed by atoms with Crippen LogP contribution in [0.25, 0.3) is 10.1 Å². The summed E-state index contributed by atoms with van der Waals surface area (Å²) in [6.07, 6.45) is -1.27. The van der Waals surface area contributed by atoms with Crippen molar-refractivity contribution in [2.45, 2.75) is 0 Å². The summed E-state index contributed by atoms with van der Waals surface area (Å²) in [6, 6.07) is 9.37. The fourth-order valence-electron chi connectivity index (χ4n) is 1.09. The van der Waals surface area contributed by atoms with E-state index in [2.05, 4.69) is 4.74 Å². The first-order chi connectivity index (χ1) is 6.25. The van der Waals surface area contributed by atoms with Crippen LogP contribution in [0.4, 0.5) is 4.79 Å². The first-order valence-corrected chi connectivity index (χ1v) is 4.47. The maximum Gasteiger partial charge on any atom is 0.512 e. The monoisotopic (exact) mass is 194 g/mol. The molecular formula is C9H6O3S. The summed E-state index contributed by atoms with van der Waals surface area (Å²) in [5.41, 5.74) is 0. The van der Waals surface area contributed by atoms with Crippen LogP contribution in [0.1, 0.15) is 0 Å². The van der Waals surface area contributed by atoms with E-state index in [0.29, 0.717) is 5.06 Å². The number of benzene rings is 1. The number of fused-ring (bicyclic) bond motifs is 1. The predicted molar refractivity (Wildman–Crippen MR) is 50.5 cm³/mol. The van der Waals surface area contributed by atoms with E-state index in [0.717, 1.165) is 10.1 Å². The van der Waals surface area contributed by atoms with E-state index in [9.17, 15) is 4.79 Å². The van der Waals surface area contributed by atoms with Crippen molar-refractivity contribution in [2.24, 2.45) is 0 Å². The van der Waals surface area contributed by atoms with Crippen molar-refractivity contribution in [3.05, 3.63) is 30.3 Å². The molecule has 2 aromatic rings. The Hall–Kier alpha value is -1.55. The lowest BCUT2D eigenvalue weighted by molar-refractivity contribution is 0.146. The SMILES string of the molecule is O=C(O)Oc1cc2ccccc2s1. The maximum absolute atomic E-state index is 10.2. The highest BCUT2D eigenvalue weighted by Gasteiger charge is 2.04. The number of carboxylic acid groups (broad SMARTS) is 1. The summed E-state index contributed by atoms with van der Waals surface area (Å²) >= 11 is 1.32. The zero-order valence-corrected chi connectivity index (χ0v) is 7.38. The van der Waals surface area contributed by atoms with Gasteiger partial charge in [0.05, 0.1) is 0 Å². The predicted octanol–water partition coefficient (Wildman–Crippen LogP) is 2.96. The summed E-state index contributed by atoms with van der Waals surface area (Å²) in [5, 5.41) is 9.79. The number of thiophene rings is 1. The van der Waals surface area contributed by atoms with Crippen LogP contribution >= 0.6 is 11.3 Å². The first kappa shape index (κ1) is 8.07. The van der Waals surface area contributed by atoms with Crippen molar-refractivity contribution in [1.29, 1.82) is 0 Å². The second-order valence-corrected chi connectivity index (χ2v) is 3.52. The average Bonchev–Trinajstić information content (AvgIpc) is 2.44. The van der Waals surface area contributed by atoms with Gasteiger partial charge in [0, 0.05) is 10.8 Å². The van der Waals surface area contributed by atoms with Gasteiger partial charge >= 0.3 is 6.16 Å². The van der Waals surface area contributed by atoms with E-state index in [-0.39, 0.29) is 0 Å². The lowest BCUT2D eigenvalue weighted by atomic mass is 10.3. The Bertz CT molecular complexity index is 414. The molecule has 0 radical (unpaired) electrons. The van der Waals surface area contributed by atoms with Crippen LogP contribution < -0.4 is 4.74 Å². The molecule has 0 fully saturated rings. The Morgan fingerprint density at radius 3 is 2.85 bits per heavy atom. The summed E-state index contributed by atoms with van der Waals surface area (Å²) in [7, 11) is 0. The Labute approximate surface area is 78.2 Å². The fourth-order valence-corrected chi connectivity index (χ4v) is 2.00. The molecule has 0 spiro atoms. The van der Waals surface area contributed by atoms with Crippen LogP contribution in [-0.4, -0.2) is 11.3 Å². The Balaban J connectivity index is 2.44. The van der Waals surface area contributed by atoms with Gasteiger partial charge in [-0.05, 0) is 11.5 Å². The molecule has 13 heavy (non-hydrogen) atoms. The molecule has 2 rings (SSSR count). The van der Waals surface area contributed by atoms with Crippen LogP contribution in [0.2, 0.25) is 0 Å². The minimum absolute atomic E-state index is 0.411. The molecule has 0 aliphatic heterocycles. The van der Waals surface area contributed by atoms with Crippen LogP contribution in [-0.2, 0) is 0 Å². The molecule has 4 heteroatoms. The van der Waals surface area contributed by atoms with Crippen molar-refractivity contribution in [1.82, 2.24) is 0 Å². The number of hydrogen-bond acceptors (Lipinski definition) is 3. The van der Waals surface area contributed by atoms with E-state index in [4.69, 9.17) is 5.11 Å². The Morgan fingerprint density at radius 1 is 1.38 bits per heavy atom. The topological polar surface area (TPSA) is 46.5 Å². The van der Waals surface area contributed by atoms with E-state index in [1.165, 1.54) is 11.3 Å². The highest BCUT2D eigenvalue weighted by molar-refractivity contribution is 7.20. The summed E-state index contributed by atoms with van der Waals surface area (Å²) in [6.45, 7) is 0. The van der Waals surface area contributed by atoms with E-state index in [1.807, 2.05) is 24.3 Å². The standard InChI is InChI=1S/C9H6O3S/c10-9(11)12-8-5-6-3-1-2-4-7(6)13-8/h1-5H,(H,10,11). The number of ether oxygens (including phenoxy) is 1. The van der Waals surface area contributed by atoms with Gasteiger partial charge in [-0.1, -0.05) is 29.5 Å². The molecule has 0 aliphatic carbocycles. The second kappa shape index (κ2) is 3.06. The largest absolute Gasteiger partial charge is 0.512 e. The Morgan fingerprint density at radius 2 is 2.15 bits per heavy atom. The third-order valence-electron chi connectivity index (χ3n) is 1.59. The van der Waals surface area contributed by atoms with Crippen molar-refractivity contribution in [2.75, 3.05) is 0 Å². The minimum atomic E-state index is -1.27. The van der Waals surface area contributed by atoms with E-state index >= 15 is 0 Å². The van der Waals surface area contributed by atoms with Gasteiger partial charge in [0.25, 0.3) is 0 Å². The van der Waals surface area contributed by atoms with Gasteiger partial charge < -0.3 is 9.84 Å². The van der Waals surface area contributed by atoms with Gasteiger partial charge in [0.2, 0.25) is 0 Å². The number of rotatable bonds is 1. The van der Waals surface area contributed by atoms with Gasteiger partial charge in [-0.2, -0.15) is 0 Å². The molecule has 1 heterocycles. The molecule has 1 aromatic heterocycles. The summed E-state index contributed by atoms with van der Waals surface area (Å²) in [4.78, 5) is 10.2. The van der Waals surface area contributed by atoms with Gasteiger partial charge in [0.15, 0.2) is 5.06 Å². The molecule has 0 amide bonds. The zero-order chi connectivity index (χ0) is 9.26. The number of carbonyl (C=O) groups is 1. The third kappa shape index (κ3) is 1.62.